The molecule has 0 spiro atoms. The number of hydrogen-bond donors (Lipinski definition) is 1. The van der Waals surface area contributed by atoms with Crippen molar-refractivity contribution in [2.45, 2.75) is 219 Å². The molecule has 0 saturated heterocycles. The molecule has 0 atom stereocenters. The monoisotopic (exact) mass is 1010 g/mol. The zero-order valence-corrected chi connectivity index (χ0v) is 41.7. The van der Waals surface area contributed by atoms with Crippen molar-refractivity contribution in [2.75, 3.05) is 18.0 Å². The third-order valence-electron chi connectivity index (χ3n) is 12.8. The van der Waals surface area contributed by atoms with E-state index in [1.54, 1.807) is 0 Å². The van der Waals surface area contributed by atoms with Gasteiger partial charge < -0.3 is 24.0 Å². The molecule has 3 aromatic rings. The Morgan fingerprint density at radius 3 is 0.900 bits per heavy atom. The van der Waals surface area contributed by atoms with Gasteiger partial charge in [-0.1, -0.05) is 206 Å². The van der Waals surface area contributed by atoms with Crippen LogP contribution < -0.4 is 18.9 Å². The molecule has 0 saturated carbocycles. The number of halogens is 10. The molecule has 0 aliphatic heterocycles. The average Bonchev–Trinajstić information content (AvgIpc) is 3.35. The van der Waals surface area contributed by atoms with E-state index in [0.29, 0.717) is 25.9 Å². The smallest absolute Gasteiger partial charge is 0.508 e. The molecule has 5 nitrogen and oxygen atoms in total. The van der Waals surface area contributed by atoms with Gasteiger partial charge in [0, 0.05) is 19.2 Å². The van der Waals surface area contributed by atoms with Crippen LogP contribution in [0.25, 0.3) is 0 Å². The third kappa shape index (κ3) is 21.4. The second-order valence-electron chi connectivity index (χ2n) is 18.7. The normalized spacial score (nSPS) is 11.4. The van der Waals surface area contributed by atoms with E-state index in [2.05, 4.69) is 13.8 Å². The van der Waals surface area contributed by atoms with Gasteiger partial charge in [-0.25, -0.2) is 26.3 Å². The molecular formula is C54H78BF10NO4. The van der Waals surface area contributed by atoms with Gasteiger partial charge in [-0.15, -0.1) is 0 Å². The molecule has 70 heavy (non-hydrogen) atoms. The number of nitrogens with zero attached hydrogens (tertiary/aromatic N) is 1. The van der Waals surface area contributed by atoms with E-state index in [9.17, 15) is 49.0 Å². The Kier molecular flexibility index (Phi) is 30.3. The van der Waals surface area contributed by atoms with Crippen molar-refractivity contribution in [1.29, 1.82) is 0 Å². The van der Waals surface area contributed by atoms with Gasteiger partial charge >= 0.3 is 7.32 Å². The van der Waals surface area contributed by atoms with Crippen LogP contribution in [0.3, 0.4) is 0 Å². The van der Waals surface area contributed by atoms with E-state index in [0.717, 1.165) is 76.3 Å². The number of phenolic OH excluding ortho intramolecular Hbond substituents is 1. The highest BCUT2D eigenvalue weighted by Crippen LogP contribution is 2.37. The summed E-state index contributed by atoms with van der Waals surface area (Å²) in [5, 5.41) is 10.7. The van der Waals surface area contributed by atoms with E-state index in [-0.39, 0.29) is 17.2 Å². The summed E-state index contributed by atoms with van der Waals surface area (Å²) in [5.41, 5.74) is 0.119. The Bertz CT molecular complexity index is 1760. The first-order chi connectivity index (χ1) is 33.8. The Morgan fingerprint density at radius 2 is 0.614 bits per heavy atom. The lowest BCUT2D eigenvalue weighted by Crippen LogP contribution is -2.39. The summed E-state index contributed by atoms with van der Waals surface area (Å²) in [4.78, 5) is 1.84. The van der Waals surface area contributed by atoms with Gasteiger partial charge in [-0.3, -0.25) is 0 Å². The largest absolute Gasteiger partial charge is 0.864 e. The van der Waals surface area contributed by atoms with Crippen molar-refractivity contribution in [1.82, 2.24) is 0 Å². The minimum atomic E-state index is -2.93. The highest BCUT2D eigenvalue weighted by Gasteiger charge is 2.40. The van der Waals surface area contributed by atoms with Crippen molar-refractivity contribution < 1.29 is 63.0 Å². The van der Waals surface area contributed by atoms with Crippen molar-refractivity contribution >= 4 is 13.0 Å². The summed E-state index contributed by atoms with van der Waals surface area (Å²) in [6.07, 6.45) is 37.2. The van der Waals surface area contributed by atoms with Gasteiger partial charge in [0.1, 0.15) is 11.5 Å². The Balaban J connectivity index is 1.71. The topological polar surface area (TPSA) is 51.2 Å². The van der Waals surface area contributed by atoms with Crippen LogP contribution in [-0.4, -0.2) is 25.5 Å². The first kappa shape index (κ1) is 60.3. The number of anilines is 1. The predicted molar refractivity (Wildman–Crippen MR) is 260 cm³/mol. The van der Waals surface area contributed by atoms with E-state index < -0.39 is 77.0 Å². The van der Waals surface area contributed by atoms with Gasteiger partial charge in [-0.2, -0.15) is 17.6 Å². The van der Waals surface area contributed by atoms with Crippen molar-refractivity contribution in [3.05, 3.63) is 76.4 Å². The van der Waals surface area contributed by atoms with Crippen LogP contribution in [0.5, 0.6) is 23.0 Å². The fourth-order valence-corrected chi connectivity index (χ4v) is 8.65. The van der Waals surface area contributed by atoms with Gasteiger partial charge in [0.25, 0.3) is 0 Å². The van der Waals surface area contributed by atoms with Gasteiger partial charge in [0.15, 0.2) is 11.5 Å². The molecule has 0 aliphatic carbocycles. The van der Waals surface area contributed by atoms with Crippen LogP contribution in [0.2, 0.25) is 0 Å². The maximum absolute atomic E-state index is 14.9. The molecule has 0 bridgehead atoms. The Labute approximate surface area is 411 Å². The van der Waals surface area contributed by atoms with Crippen LogP contribution in [0.1, 0.15) is 219 Å². The number of benzene rings is 3. The first-order valence-electron chi connectivity index (χ1n) is 26.4. The Hall–Kier alpha value is -3.98. The molecule has 16 heteroatoms. The van der Waals surface area contributed by atoms with Crippen LogP contribution >= 0.6 is 0 Å². The summed E-state index contributed by atoms with van der Waals surface area (Å²) < 4.78 is 160. The molecule has 0 radical (unpaired) electrons. The molecule has 1 N–H and O–H groups in total. The maximum atomic E-state index is 14.9. The fraction of sp³-hybridized carbons (Fsp3) is 0.667. The lowest BCUT2D eigenvalue weighted by Gasteiger charge is -2.28. The SMILES string of the molecule is CCCCCCCCCCCCCCCCCCN(CCCCCCCCCCCCCCCCCC)c1cc(O)ccc1OB(Oc1c(F)c(F)c(F)c(F)c1F)Oc1c(F)c(F)c(F)c(F)c1F. The minimum absolute atomic E-state index is 0.119. The molecule has 0 aromatic heterocycles. The maximum Gasteiger partial charge on any atom is 0.864 e. The van der Waals surface area contributed by atoms with E-state index >= 15 is 0 Å². The summed E-state index contributed by atoms with van der Waals surface area (Å²) in [7, 11) is -2.93. The molecular weight excluding hydrogens is 927 g/mol. The highest BCUT2D eigenvalue weighted by molar-refractivity contribution is 6.39. The fourth-order valence-electron chi connectivity index (χ4n) is 8.65. The number of rotatable bonds is 41. The molecule has 0 amide bonds. The molecule has 0 fully saturated rings. The molecule has 396 valence electrons. The second kappa shape index (κ2) is 35.2. The van der Waals surface area contributed by atoms with Crippen molar-refractivity contribution in [3.63, 3.8) is 0 Å². The standard InChI is InChI=1S/C54H78BF10NO4/c1-3-5-7-9-11-13-15-17-19-21-23-25-27-29-31-33-37-66(38-34-32-30-28-26-24-22-20-18-16-14-12-10-8-6-4-2)41-39-40(67)35-36-42(41)68-55(69-53-49(62)45(58)43(56)46(59)50(53)63)70-54-51(64)47(60)44(57)48(61)52(54)65/h35-36,39,67H,3-34,37-38H2,1-2H3. The summed E-state index contributed by atoms with van der Waals surface area (Å²) in [6, 6.07) is 3.49. The minimum Gasteiger partial charge on any atom is -0.508 e. The summed E-state index contributed by atoms with van der Waals surface area (Å²) in [5.74, 6) is -29.8. The van der Waals surface area contributed by atoms with Crippen LogP contribution in [-0.2, 0) is 0 Å². The quantitative estimate of drug-likeness (QED) is 0.0202. The average molecular weight is 1010 g/mol. The summed E-state index contributed by atoms with van der Waals surface area (Å²) in [6.45, 7) is 5.25. The van der Waals surface area contributed by atoms with E-state index in [4.69, 9.17) is 14.0 Å². The lowest BCUT2D eigenvalue weighted by atomic mass is 10.0. The van der Waals surface area contributed by atoms with Crippen LogP contribution in [0.15, 0.2) is 18.2 Å². The number of unbranched alkanes of at least 4 members (excludes halogenated alkanes) is 30. The zero-order chi connectivity index (χ0) is 51.1. The molecule has 0 heterocycles. The van der Waals surface area contributed by atoms with Crippen molar-refractivity contribution in [2.24, 2.45) is 0 Å². The van der Waals surface area contributed by atoms with Crippen LogP contribution in [0, 0.1) is 58.2 Å². The lowest BCUT2D eigenvalue weighted by molar-refractivity contribution is 0.260. The Morgan fingerprint density at radius 1 is 0.357 bits per heavy atom. The highest BCUT2D eigenvalue weighted by atomic mass is 19.2. The number of aromatic hydroxyl groups is 1. The zero-order valence-electron chi connectivity index (χ0n) is 41.7. The molecule has 0 unspecified atom stereocenters. The van der Waals surface area contributed by atoms with Gasteiger partial charge in [0.2, 0.25) is 58.2 Å². The predicted octanol–water partition coefficient (Wildman–Crippen LogP) is 18.6. The van der Waals surface area contributed by atoms with Crippen LogP contribution in [0.4, 0.5) is 49.6 Å². The first-order valence-corrected chi connectivity index (χ1v) is 26.4. The second-order valence-corrected chi connectivity index (χ2v) is 18.7. The van der Waals surface area contributed by atoms with Gasteiger partial charge in [-0.05, 0) is 25.0 Å². The van der Waals surface area contributed by atoms with E-state index in [1.165, 1.54) is 134 Å². The molecule has 0 aliphatic rings. The summed E-state index contributed by atoms with van der Waals surface area (Å²) >= 11 is 0. The molecule has 3 aromatic carbocycles. The number of hydrogen-bond acceptors (Lipinski definition) is 5. The molecule has 3 rings (SSSR count). The third-order valence-corrected chi connectivity index (χ3v) is 12.8. The van der Waals surface area contributed by atoms with Gasteiger partial charge in [0.05, 0.1) is 5.69 Å². The number of phenols is 1. The van der Waals surface area contributed by atoms with E-state index in [1.807, 2.05) is 4.90 Å². The van der Waals surface area contributed by atoms with Crippen molar-refractivity contribution in [3.8, 4) is 23.0 Å².